The van der Waals surface area contributed by atoms with Gasteiger partial charge in [-0.2, -0.15) is 18.3 Å². The van der Waals surface area contributed by atoms with Crippen LogP contribution in [0.5, 0.6) is 0 Å². The molecule has 2 aliphatic heterocycles. The van der Waals surface area contributed by atoms with Crippen LogP contribution in [-0.2, 0) is 13.1 Å². The number of benzene rings is 1. The van der Waals surface area contributed by atoms with Crippen molar-refractivity contribution in [2.45, 2.75) is 39.0 Å². The molecule has 6 rings (SSSR count). The molecule has 1 atom stereocenters. The Labute approximate surface area is 210 Å². The first-order valence-electron chi connectivity index (χ1n) is 12.2. The molecular formula is C25H27F3N8O. The van der Waals surface area contributed by atoms with Crippen molar-refractivity contribution in [2.24, 2.45) is 11.1 Å². The molecule has 3 aromatic heterocycles. The molecule has 0 saturated carbocycles. The number of H-pyrrole nitrogens is 1. The van der Waals surface area contributed by atoms with E-state index in [1.165, 1.54) is 6.20 Å². The van der Waals surface area contributed by atoms with Crippen LogP contribution in [0.1, 0.15) is 34.7 Å². The van der Waals surface area contributed by atoms with Gasteiger partial charge < -0.3 is 15.6 Å². The van der Waals surface area contributed by atoms with E-state index in [0.29, 0.717) is 28.4 Å². The number of aromatic nitrogens is 5. The Balaban J connectivity index is 1.18. The molecule has 2 aliphatic rings. The van der Waals surface area contributed by atoms with Crippen LogP contribution in [0, 0.1) is 12.3 Å². The smallest absolute Gasteiger partial charge is 0.364 e. The van der Waals surface area contributed by atoms with Crippen molar-refractivity contribution < 1.29 is 18.0 Å². The molecule has 0 radical (unpaired) electrons. The van der Waals surface area contributed by atoms with E-state index < -0.39 is 18.6 Å². The van der Waals surface area contributed by atoms with E-state index in [9.17, 15) is 18.0 Å². The van der Waals surface area contributed by atoms with E-state index in [0.717, 1.165) is 66.7 Å². The van der Waals surface area contributed by atoms with E-state index in [2.05, 4.69) is 42.0 Å². The van der Waals surface area contributed by atoms with Gasteiger partial charge in [-0.15, -0.1) is 0 Å². The van der Waals surface area contributed by atoms with Gasteiger partial charge in [0.05, 0.1) is 5.39 Å². The number of aryl methyl sites for hydroxylation is 1. The summed E-state index contributed by atoms with van der Waals surface area (Å²) in [6.45, 7) is 4.85. The number of carbonyl (C=O) groups excluding carboxylic acids is 1. The van der Waals surface area contributed by atoms with E-state index in [-0.39, 0.29) is 5.41 Å². The van der Waals surface area contributed by atoms with Crippen LogP contribution in [0.3, 0.4) is 0 Å². The van der Waals surface area contributed by atoms with Gasteiger partial charge in [0, 0.05) is 48.7 Å². The fraction of sp³-hybridized carbons (Fsp3) is 0.440. The first-order chi connectivity index (χ1) is 17.6. The van der Waals surface area contributed by atoms with Gasteiger partial charge in [-0.25, -0.2) is 9.97 Å². The highest BCUT2D eigenvalue weighted by Crippen LogP contribution is 2.42. The molecule has 1 spiro atoms. The van der Waals surface area contributed by atoms with Crippen LogP contribution in [-0.4, -0.2) is 67.9 Å². The van der Waals surface area contributed by atoms with Gasteiger partial charge in [0.25, 0.3) is 5.91 Å². The highest BCUT2D eigenvalue weighted by molar-refractivity contribution is 5.97. The number of likely N-dealkylation sites (tertiary alicyclic amines) is 1. The van der Waals surface area contributed by atoms with Crippen LogP contribution < -0.4 is 10.6 Å². The van der Waals surface area contributed by atoms with Crippen LogP contribution in [0.25, 0.3) is 21.9 Å². The molecule has 12 heteroatoms. The summed E-state index contributed by atoms with van der Waals surface area (Å²) in [5, 5.41) is 5.56. The minimum atomic E-state index is -4.36. The number of rotatable bonds is 5. The largest absolute Gasteiger partial charge is 0.408 e. The van der Waals surface area contributed by atoms with E-state index >= 15 is 0 Å². The summed E-state index contributed by atoms with van der Waals surface area (Å²) in [6.07, 6.45) is -0.919. The lowest BCUT2D eigenvalue weighted by atomic mass is 9.86. The topological polar surface area (TPSA) is 109 Å². The highest BCUT2D eigenvalue weighted by atomic mass is 19.4. The van der Waals surface area contributed by atoms with Gasteiger partial charge >= 0.3 is 6.18 Å². The molecule has 2 fully saturated rings. The Morgan fingerprint density at radius 3 is 2.76 bits per heavy atom. The van der Waals surface area contributed by atoms with Crippen molar-refractivity contribution in [1.29, 1.82) is 0 Å². The Kier molecular flexibility index (Phi) is 5.41. The maximum atomic E-state index is 12.9. The van der Waals surface area contributed by atoms with E-state index in [4.69, 9.17) is 5.73 Å². The zero-order chi connectivity index (χ0) is 25.9. The summed E-state index contributed by atoms with van der Waals surface area (Å²) in [4.78, 5) is 28.0. The lowest BCUT2D eigenvalue weighted by Crippen LogP contribution is -2.31. The van der Waals surface area contributed by atoms with Crippen LogP contribution in [0.2, 0.25) is 0 Å². The number of aromatic amines is 1. The number of carbonyl (C=O) groups is 1. The standard InChI is InChI=1S/C25H27F3N8O/c1-15-30-22-18(11-36(33-22)14-25(26,27)28)23(31-15)35-7-5-24(13-35)4-6-34(12-24)10-16-2-3-17-9-20(21(29)37)32-19(17)8-16/h2-3,8-9,11,32H,4-7,10,12-14H2,1H3,(H2,29,37). The zero-order valence-corrected chi connectivity index (χ0v) is 20.3. The fourth-order valence-electron chi connectivity index (χ4n) is 5.82. The summed E-state index contributed by atoms with van der Waals surface area (Å²) in [7, 11) is 0. The minimum absolute atomic E-state index is 0.100. The number of amides is 1. The summed E-state index contributed by atoms with van der Waals surface area (Å²) in [5.74, 6) is 0.676. The average molecular weight is 513 g/mol. The predicted molar refractivity (Wildman–Crippen MR) is 132 cm³/mol. The molecule has 0 aliphatic carbocycles. The maximum absolute atomic E-state index is 12.9. The molecule has 194 valence electrons. The number of anilines is 1. The molecule has 9 nitrogen and oxygen atoms in total. The zero-order valence-electron chi connectivity index (χ0n) is 20.3. The van der Waals surface area contributed by atoms with Crippen LogP contribution in [0.4, 0.5) is 19.0 Å². The number of nitrogens with one attached hydrogen (secondary N) is 1. The Bertz CT molecular complexity index is 1510. The number of halogens is 3. The van der Waals surface area contributed by atoms with Crippen molar-refractivity contribution in [3.8, 4) is 0 Å². The monoisotopic (exact) mass is 512 g/mol. The minimum Gasteiger partial charge on any atom is -0.364 e. The number of hydrogen-bond donors (Lipinski definition) is 2. The average Bonchev–Trinajstić information content (AvgIpc) is 3.58. The van der Waals surface area contributed by atoms with Crippen molar-refractivity contribution in [3.05, 3.63) is 47.5 Å². The third-order valence-corrected chi connectivity index (χ3v) is 7.47. The molecule has 4 aromatic rings. The van der Waals surface area contributed by atoms with Gasteiger partial charge in [-0.05, 0) is 44.0 Å². The Morgan fingerprint density at radius 2 is 1.97 bits per heavy atom. The Morgan fingerprint density at radius 1 is 1.16 bits per heavy atom. The molecule has 2 saturated heterocycles. The molecule has 1 amide bonds. The normalized spacial score (nSPS) is 20.7. The van der Waals surface area contributed by atoms with E-state index in [1.807, 2.05) is 6.07 Å². The summed E-state index contributed by atoms with van der Waals surface area (Å²) in [5.41, 5.74) is 8.23. The lowest BCUT2D eigenvalue weighted by Gasteiger charge is -2.25. The maximum Gasteiger partial charge on any atom is 0.408 e. The van der Waals surface area contributed by atoms with Gasteiger partial charge in [-0.1, -0.05) is 12.1 Å². The first-order valence-corrected chi connectivity index (χ1v) is 12.2. The second-order valence-corrected chi connectivity index (χ2v) is 10.4. The SMILES string of the molecule is Cc1nc(N2CCC3(CCN(Cc4ccc5cc(C(N)=O)[nH]c5c4)C3)C2)c2cn(CC(F)(F)F)nc2n1. The van der Waals surface area contributed by atoms with Crippen molar-refractivity contribution in [1.82, 2.24) is 29.6 Å². The molecular weight excluding hydrogens is 485 g/mol. The molecule has 3 N–H and O–H groups in total. The lowest BCUT2D eigenvalue weighted by molar-refractivity contribution is -0.142. The number of alkyl halides is 3. The van der Waals surface area contributed by atoms with Crippen LogP contribution >= 0.6 is 0 Å². The molecule has 1 aromatic carbocycles. The third kappa shape index (κ3) is 4.61. The highest BCUT2D eigenvalue weighted by Gasteiger charge is 2.44. The number of primary amides is 1. The van der Waals surface area contributed by atoms with Crippen molar-refractivity contribution in [3.63, 3.8) is 0 Å². The molecule has 0 bridgehead atoms. The predicted octanol–water partition coefficient (Wildman–Crippen LogP) is 3.38. The number of fused-ring (bicyclic) bond motifs is 2. The summed E-state index contributed by atoms with van der Waals surface area (Å²) < 4.78 is 39.7. The number of nitrogens with zero attached hydrogens (tertiary/aromatic N) is 6. The number of hydrogen-bond acceptors (Lipinski definition) is 6. The summed E-state index contributed by atoms with van der Waals surface area (Å²) >= 11 is 0. The van der Waals surface area contributed by atoms with Crippen LogP contribution in [0.15, 0.2) is 30.5 Å². The van der Waals surface area contributed by atoms with E-state index in [1.54, 1.807) is 13.0 Å². The quantitative estimate of drug-likeness (QED) is 0.425. The second kappa shape index (κ2) is 8.44. The molecule has 37 heavy (non-hydrogen) atoms. The number of nitrogens with two attached hydrogens (primary N) is 1. The van der Waals surface area contributed by atoms with Crippen molar-refractivity contribution >= 4 is 33.7 Å². The van der Waals surface area contributed by atoms with Gasteiger partial charge in [0.1, 0.15) is 23.9 Å². The molecule has 5 heterocycles. The first kappa shape index (κ1) is 23.7. The van der Waals surface area contributed by atoms with Crippen molar-refractivity contribution in [2.75, 3.05) is 31.1 Å². The van der Waals surface area contributed by atoms with Gasteiger partial charge in [0.2, 0.25) is 0 Å². The van der Waals surface area contributed by atoms with Gasteiger partial charge in [0.15, 0.2) is 5.65 Å². The van der Waals surface area contributed by atoms with Gasteiger partial charge in [-0.3, -0.25) is 14.4 Å². The Hall–Kier alpha value is -3.67. The fourth-order valence-corrected chi connectivity index (χ4v) is 5.82. The molecule has 1 unspecified atom stereocenters. The summed E-state index contributed by atoms with van der Waals surface area (Å²) in [6, 6.07) is 7.90. The second-order valence-electron chi connectivity index (χ2n) is 10.4. The third-order valence-electron chi connectivity index (χ3n) is 7.47.